The molecule has 0 spiro atoms. The minimum absolute atomic E-state index is 0.104. The van der Waals surface area contributed by atoms with E-state index in [1.54, 1.807) is 6.26 Å². The van der Waals surface area contributed by atoms with Gasteiger partial charge in [-0.3, -0.25) is 28.8 Å². The quantitative estimate of drug-likeness (QED) is 0.267. The van der Waals surface area contributed by atoms with Gasteiger partial charge >= 0.3 is 29.8 Å². The number of hydrazone groups is 1. The maximum atomic E-state index is 12.2. The first-order chi connectivity index (χ1) is 16.7. The largest absolute Gasteiger partial charge is 0.462 e. The van der Waals surface area contributed by atoms with Gasteiger partial charge in [0.05, 0.1) is 0 Å². The second-order valence-electron chi connectivity index (χ2n) is 7.49. The number of hydrogen-bond acceptors (Lipinski definition) is 14. The summed E-state index contributed by atoms with van der Waals surface area (Å²) in [5, 5.41) is 4.76. The molecule has 0 bridgehead atoms. The van der Waals surface area contributed by atoms with Gasteiger partial charge in [0.1, 0.15) is 18.1 Å². The molecule has 202 valence electrons. The highest BCUT2D eigenvalue weighted by Gasteiger charge is 2.46. The molecule has 1 unspecified atom stereocenters. The van der Waals surface area contributed by atoms with Crippen molar-refractivity contribution in [3.05, 3.63) is 0 Å². The Labute approximate surface area is 216 Å². The second kappa shape index (κ2) is 14.7. The number of hydrogen-bond donors (Lipinski definition) is 0. The van der Waals surface area contributed by atoms with Gasteiger partial charge in [0, 0.05) is 48.0 Å². The smallest absolute Gasteiger partial charge is 0.303 e. The van der Waals surface area contributed by atoms with E-state index in [1.807, 2.05) is 0 Å². The van der Waals surface area contributed by atoms with Crippen LogP contribution in [0, 0.1) is 0 Å². The average molecular weight is 551 g/mol. The van der Waals surface area contributed by atoms with Crippen LogP contribution in [0.3, 0.4) is 0 Å². The van der Waals surface area contributed by atoms with Crippen LogP contribution in [0.15, 0.2) is 5.10 Å². The molecule has 1 heterocycles. The summed E-state index contributed by atoms with van der Waals surface area (Å²) in [6.07, 6.45) is -4.10. The molecule has 0 saturated carbocycles. The predicted octanol–water partition coefficient (Wildman–Crippen LogP) is 1.22. The van der Waals surface area contributed by atoms with Crippen LogP contribution >= 0.6 is 23.5 Å². The summed E-state index contributed by atoms with van der Waals surface area (Å²) in [5.41, 5.74) is 0. The first-order valence-corrected chi connectivity index (χ1v) is 12.8. The van der Waals surface area contributed by atoms with E-state index in [1.165, 1.54) is 35.5 Å². The molecule has 0 N–H and O–H groups in total. The van der Waals surface area contributed by atoms with Crippen LogP contribution in [0.4, 0.5) is 0 Å². The lowest BCUT2D eigenvalue weighted by Crippen LogP contribution is -2.54. The minimum atomic E-state index is -1.54. The van der Waals surface area contributed by atoms with E-state index in [0.717, 1.165) is 34.6 Å². The molecule has 5 atom stereocenters. The monoisotopic (exact) mass is 550 g/mol. The fourth-order valence-electron chi connectivity index (χ4n) is 3.21. The Hall–Kier alpha value is -2.81. The zero-order chi connectivity index (χ0) is 27.6. The Morgan fingerprint density at radius 1 is 0.806 bits per heavy atom. The molecule has 0 aromatic heterocycles. The maximum absolute atomic E-state index is 12.2. The van der Waals surface area contributed by atoms with Crippen LogP contribution in [0.5, 0.6) is 0 Å². The van der Waals surface area contributed by atoms with Crippen molar-refractivity contribution in [2.45, 2.75) is 77.8 Å². The first kappa shape index (κ1) is 31.2. The number of esters is 5. The highest BCUT2D eigenvalue weighted by atomic mass is 32.2. The van der Waals surface area contributed by atoms with Crippen molar-refractivity contribution >= 4 is 63.7 Å². The zero-order valence-electron chi connectivity index (χ0n) is 21.0. The van der Waals surface area contributed by atoms with Crippen molar-refractivity contribution in [2.24, 2.45) is 5.10 Å². The lowest BCUT2D eigenvalue weighted by atomic mass is 9.99. The fourth-order valence-corrected chi connectivity index (χ4v) is 5.05. The third-order valence-corrected chi connectivity index (χ3v) is 6.54. The standard InChI is InChI=1S/C21H30N2O11S2/c1-10(24)23-18(36-21(22-23)35-7)8-16(31-12(3)26)19(33-14(5)28)20(34-15(6)29)17(32-13(4)27)9-30-11(2)25/h16-20H,8-9H2,1-7H3/t16-,17+,18?,19+,20+/m0/s1. The Balaban J connectivity index is 3.51. The number of rotatable bonds is 11. The van der Waals surface area contributed by atoms with E-state index in [2.05, 4.69) is 5.10 Å². The van der Waals surface area contributed by atoms with Crippen molar-refractivity contribution in [1.29, 1.82) is 0 Å². The van der Waals surface area contributed by atoms with Crippen LogP contribution < -0.4 is 0 Å². The van der Waals surface area contributed by atoms with Crippen molar-refractivity contribution < 1.29 is 52.5 Å². The molecule has 0 aromatic carbocycles. The van der Waals surface area contributed by atoms with Crippen molar-refractivity contribution in [1.82, 2.24) is 5.01 Å². The highest BCUT2D eigenvalue weighted by molar-refractivity contribution is 8.39. The predicted molar refractivity (Wildman–Crippen MR) is 128 cm³/mol. The molecular weight excluding hydrogens is 520 g/mol. The molecule has 0 aromatic rings. The lowest BCUT2D eigenvalue weighted by Gasteiger charge is -2.36. The third kappa shape index (κ3) is 10.4. The minimum Gasteiger partial charge on any atom is -0.462 e. The van der Waals surface area contributed by atoms with Crippen LogP contribution in [-0.4, -0.2) is 87.8 Å². The number of nitrogens with zero attached hydrogens (tertiary/aromatic N) is 2. The molecule has 13 nitrogen and oxygen atoms in total. The molecule has 0 aliphatic carbocycles. The van der Waals surface area contributed by atoms with Gasteiger partial charge in [-0.15, -0.1) is 11.8 Å². The van der Waals surface area contributed by atoms with Gasteiger partial charge in [-0.25, -0.2) is 5.01 Å². The van der Waals surface area contributed by atoms with Gasteiger partial charge in [-0.05, 0) is 6.26 Å². The maximum Gasteiger partial charge on any atom is 0.303 e. The zero-order valence-corrected chi connectivity index (χ0v) is 22.6. The normalized spacial score (nSPS) is 18.1. The summed E-state index contributed by atoms with van der Waals surface area (Å²) in [7, 11) is 0. The SMILES string of the molecule is CSC1=NN(C(C)=O)C(C[C@H](OC(C)=O)[C@@H](OC(C)=O)[C@H](OC(C)=O)[C@@H](COC(C)=O)OC(C)=O)S1. The second-order valence-corrected chi connectivity index (χ2v) is 9.71. The van der Waals surface area contributed by atoms with Gasteiger partial charge in [0.15, 0.2) is 22.7 Å². The first-order valence-electron chi connectivity index (χ1n) is 10.7. The molecule has 15 heteroatoms. The van der Waals surface area contributed by atoms with Gasteiger partial charge in [-0.1, -0.05) is 11.8 Å². The van der Waals surface area contributed by atoms with Gasteiger partial charge in [0.25, 0.3) is 0 Å². The fraction of sp³-hybridized carbons (Fsp3) is 0.667. The molecule has 1 aliphatic rings. The number of carbonyl (C=O) groups excluding carboxylic acids is 6. The summed E-state index contributed by atoms with van der Waals surface area (Å²) in [5.74, 6) is -4.32. The molecule has 0 radical (unpaired) electrons. The average Bonchev–Trinajstić information content (AvgIpc) is 3.15. The summed E-state index contributed by atoms with van der Waals surface area (Å²) >= 11 is 2.53. The summed E-state index contributed by atoms with van der Waals surface area (Å²) in [4.78, 5) is 71.4. The summed E-state index contributed by atoms with van der Waals surface area (Å²) < 4.78 is 27.0. The van der Waals surface area contributed by atoms with E-state index in [4.69, 9.17) is 23.7 Å². The molecular formula is C21H30N2O11S2. The van der Waals surface area contributed by atoms with E-state index < -0.39 is 66.2 Å². The lowest BCUT2D eigenvalue weighted by molar-refractivity contribution is -0.203. The Morgan fingerprint density at radius 2 is 1.28 bits per heavy atom. The molecule has 1 rings (SSSR count). The van der Waals surface area contributed by atoms with E-state index in [9.17, 15) is 28.8 Å². The molecule has 0 fully saturated rings. The highest BCUT2D eigenvalue weighted by Crippen LogP contribution is 2.35. The molecule has 36 heavy (non-hydrogen) atoms. The van der Waals surface area contributed by atoms with E-state index in [-0.39, 0.29) is 12.3 Å². The van der Waals surface area contributed by atoms with Crippen LogP contribution in [-0.2, 0) is 52.5 Å². The summed E-state index contributed by atoms with van der Waals surface area (Å²) in [6.45, 7) is 6.23. The summed E-state index contributed by atoms with van der Waals surface area (Å²) in [6, 6.07) is 0. The molecule has 1 aliphatic heterocycles. The molecule has 1 amide bonds. The number of amides is 1. The van der Waals surface area contributed by atoms with Crippen molar-refractivity contribution in [3.8, 4) is 0 Å². The van der Waals surface area contributed by atoms with Crippen molar-refractivity contribution in [3.63, 3.8) is 0 Å². The van der Waals surface area contributed by atoms with E-state index in [0.29, 0.717) is 4.38 Å². The van der Waals surface area contributed by atoms with Crippen LogP contribution in [0.1, 0.15) is 48.0 Å². The molecule has 0 saturated heterocycles. The number of carbonyl (C=O) groups is 6. The van der Waals surface area contributed by atoms with Gasteiger partial charge < -0.3 is 23.7 Å². The number of thioether (sulfide) groups is 2. The Bertz CT molecular complexity index is 895. The van der Waals surface area contributed by atoms with E-state index >= 15 is 0 Å². The Kier molecular flexibility index (Phi) is 12.7. The van der Waals surface area contributed by atoms with Crippen LogP contribution in [0.25, 0.3) is 0 Å². The van der Waals surface area contributed by atoms with Gasteiger partial charge in [-0.2, -0.15) is 5.10 Å². The Morgan fingerprint density at radius 3 is 1.69 bits per heavy atom. The van der Waals surface area contributed by atoms with Crippen molar-refractivity contribution in [2.75, 3.05) is 12.9 Å². The topological polar surface area (TPSA) is 164 Å². The number of ether oxygens (including phenoxy) is 5. The third-order valence-electron chi connectivity index (χ3n) is 4.38. The van der Waals surface area contributed by atoms with Gasteiger partial charge in [0.2, 0.25) is 5.91 Å². The van der Waals surface area contributed by atoms with Crippen LogP contribution in [0.2, 0.25) is 0 Å².